The molecule has 0 heterocycles. The second kappa shape index (κ2) is 4.91. The van der Waals surface area contributed by atoms with Crippen molar-refractivity contribution in [3.05, 3.63) is 63.6 Å². The highest BCUT2D eigenvalue weighted by Gasteiger charge is 2.52. The first-order valence-corrected chi connectivity index (χ1v) is 7.29. The third-order valence-electron chi connectivity index (χ3n) is 3.92. The van der Waals surface area contributed by atoms with E-state index in [0.29, 0.717) is 18.5 Å². The monoisotopic (exact) mass is 351 g/mol. The Bertz CT molecular complexity index is 724. The highest BCUT2D eigenvalue weighted by Crippen LogP contribution is 2.51. The van der Waals surface area contributed by atoms with E-state index in [1.165, 1.54) is 6.07 Å². The zero-order valence-corrected chi connectivity index (χ0v) is 12.6. The van der Waals surface area contributed by atoms with E-state index in [4.69, 9.17) is 5.73 Å². The van der Waals surface area contributed by atoms with Gasteiger partial charge in [0.2, 0.25) is 0 Å². The van der Waals surface area contributed by atoms with Crippen LogP contribution in [0.1, 0.15) is 28.8 Å². The van der Waals surface area contributed by atoms with Crippen LogP contribution >= 0.6 is 15.9 Å². The number of rotatable bonds is 3. The Hall–Kier alpha value is -1.75. The van der Waals surface area contributed by atoms with Gasteiger partial charge in [-0.1, -0.05) is 12.1 Å². The Morgan fingerprint density at radius 3 is 2.29 bits per heavy atom. The molecule has 2 aromatic carbocycles. The number of halogens is 3. The van der Waals surface area contributed by atoms with Crippen LogP contribution < -0.4 is 5.73 Å². The SMILES string of the molecule is Nc1ccc(C2(C(=O)c3c(F)ccc(Br)c3F)CC2)cc1. The standard InChI is InChI=1S/C16H12BrF2NO/c17-11-5-6-12(18)13(14(11)19)15(21)16(7-8-16)9-1-3-10(20)4-2-9/h1-6H,7-8,20H2. The first kappa shape index (κ1) is 14.2. The van der Waals surface area contributed by atoms with Crippen LogP contribution in [0.25, 0.3) is 0 Å². The number of hydrogen-bond donors (Lipinski definition) is 1. The summed E-state index contributed by atoms with van der Waals surface area (Å²) in [5.74, 6) is -2.19. The van der Waals surface area contributed by atoms with Crippen molar-refractivity contribution >= 4 is 27.4 Å². The molecular weight excluding hydrogens is 340 g/mol. The lowest BCUT2D eigenvalue weighted by atomic mass is 9.87. The van der Waals surface area contributed by atoms with E-state index in [2.05, 4.69) is 15.9 Å². The molecular formula is C16H12BrF2NO. The van der Waals surface area contributed by atoms with E-state index in [9.17, 15) is 13.6 Å². The number of carbonyl (C=O) groups is 1. The Morgan fingerprint density at radius 1 is 1.10 bits per heavy atom. The minimum absolute atomic E-state index is 0.0837. The summed E-state index contributed by atoms with van der Waals surface area (Å²) in [6.45, 7) is 0. The van der Waals surface area contributed by atoms with Gasteiger partial charge in [-0.3, -0.25) is 4.79 Å². The fourth-order valence-corrected chi connectivity index (χ4v) is 2.88. The Labute approximate surface area is 129 Å². The molecule has 2 N–H and O–H groups in total. The maximum atomic E-state index is 14.1. The lowest BCUT2D eigenvalue weighted by Crippen LogP contribution is -2.23. The van der Waals surface area contributed by atoms with Crippen molar-refractivity contribution in [1.82, 2.24) is 0 Å². The lowest BCUT2D eigenvalue weighted by Gasteiger charge is -2.16. The summed E-state index contributed by atoms with van der Waals surface area (Å²) in [6.07, 6.45) is 1.17. The van der Waals surface area contributed by atoms with E-state index >= 15 is 0 Å². The van der Waals surface area contributed by atoms with Gasteiger partial charge in [-0.05, 0) is 58.6 Å². The molecule has 0 radical (unpaired) electrons. The molecule has 108 valence electrons. The zero-order chi connectivity index (χ0) is 15.2. The molecule has 1 fully saturated rings. The van der Waals surface area contributed by atoms with Crippen LogP contribution in [0.3, 0.4) is 0 Å². The molecule has 0 bridgehead atoms. The van der Waals surface area contributed by atoms with Crippen molar-refractivity contribution in [2.24, 2.45) is 0 Å². The minimum atomic E-state index is -0.846. The van der Waals surface area contributed by atoms with Crippen LogP contribution in [-0.4, -0.2) is 5.78 Å². The number of benzene rings is 2. The molecule has 21 heavy (non-hydrogen) atoms. The number of Topliss-reactive ketones (excluding diaryl/α,β-unsaturated/α-hetero) is 1. The van der Waals surface area contributed by atoms with E-state index < -0.39 is 28.4 Å². The smallest absolute Gasteiger partial charge is 0.179 e. The van der Waals surface area contributed by atoms with E-state index in [1.807, 2.05) is 0 Å². The zero-order valence-electron chi connectivity index (χ0n) is 11.0. The summed E-state index contributed by atoms with van der Waals surface area (Å²) in [6, 6.07) is 9.22. The lowest BCUT2D eigenvalue weighted by molar-refractivity contribution is 0.0937. The summed E-state index contributed by atoms with van der Waals surface area (Å²) in [4.78, 5) is 12.7. The normalized spacial score (nSPS) is 15.8. The molecule has 0 saturated heterocycles. The fraction of sp³-hybridized carbons (Fsp3) is 0.188. The molecule has 0 unspecified atom stereocenters. The van der Waals surface area contributed by atoms with Crippen molar-refractivity contribution in [2.45, 2.75) is 18.3 Å². The van der Waals surface area contributed by atoms with E-state index in [1.54, 1.807) is 24.3 Å². The maximum absolute atomic E-state index is 14.1. The Balaban J connectivity index is 2.07. The predicted octanol–water partition coefficient (Wildman–Crippen LogP) is 4.22. The summed E-state index contributed by atoms with van der Waals surface area (Å²) < 4.78 is 28.1. The Kier molecular flexibility index (Phi) is 3.32. The van der Waals surface area contributed by atoms with Gasteiger partial charge in [-0.25, -0.2) is 8.78 Å². The predicted molar refractivity (Wildman–Crippen MR) is 80.2 cm³/mol. The number of hydrogen-bond acceptors (Lipinski definition) is 2. The quantitative estimate of drug-likeness (QED) is 0.511. The molecule has 1 aliphatic rings. The Morgan fingerprint density at radius 2 is 1.71 bits per heavy atom. The first-order chi connectivity index (χ1) is 9.95. The van der Waals surface area contributed by atoms with Gasteiger partial charge in [0.05, 0.1) is 15.5 Å². The summed E-state index contributed by atoms with van der Waals surface area (Å²) in [5, 5.41) is 0. The van der Waals surface area contributed by atoms with Gasteiger partial charge in [0.1, 0.15) is 5.82 Å². The molecule has 2 aromatic rings. The van der Waals surface area contributed by atoms with Gasteiger partial charge in [0.25, 0.3) is 0 Å². The molecule has 0 amide bonds. The molecule has 0 aliphatic heterocycles. The minimum Gasteiger partial charge on any atom is -0.399 e. The van der Waals surface area contributed by atoms with Gasteiger partial charge >= 0.3 is 0 Å². The summed E-state index contributed by atoms with van der Waals surface area (Å²) in [7, 11) is 0. The molecule has 5 heteroatoms. The maximum Gasteiger partial charge on any atom is 0.179 e. The molecule has 3 rings (SSSR count). The fourth-order valence-electron chi connectivity index (χ4n) is 2.55. The molecule has 1 saturated carbocycles. The van der Waals surface area contributed by atoms with Crippen LogP contribution in [0, 0.1) is 11.6 Å². The average Bonchev–Trinajstić information content (AvgIpc) is 3.26. The summed E-state index contributed by atoms with van der Waals surface area (Å²) >= 11 is 2.99. The first-order valence-electron chi connectivity index (χ1n) is 6.50. The largest absolute Gasteiger partial charge is 0.399 e. The molecule has 2 nitrogen and oxygen atoms in total. The molecule has 0 atom stereocenters. The number of nitrogen functional groups attached to an aromatic ring is 1. The summed E-state index contributed by atoms with van der Waals surface area (Å²) in [5.41, 5.74) is 5.67. The third kappa shape index (κ3) is 2.25. The number of nitrogens with two attached hydrogens (primary N) is 1. The van der Waals surface area contributed by atoms with Crippen molar-refractivity contribution in [1.29, 1.82) is 0 Å². The second-order valence-corrected chi connectivity index (χ2v) is 6.11. The molecule has 0 aromatic heterocycles. The van der Waals surface area contributed by atoms with Crippen molar-refractivity contribution in [2.75, 3.05) is 5.73 Å². The van der Waals surface area contributed by atoms with Crippen molar-refractivity contribution in [3.8, 4) is 0 Å². The highest BCUT2D eigenvalue weighted by molar-refractivity contribution is 9.10. The molecule has 1 aliphatic carbocycles. The van der Waals surface area contributed by atoms with Crippen LogP contribution in [0.4, 0.5) is 14.5 Å². The van der Waals surface area contributed by atoms with Crippen molar-refractivity contribution in [3.63, 3.8) is 0 Å². The number of carbonyl (C=O) groups excluding carboxylic acids is 1. The van der Waals surface area contributed by atoms with Crippen LogP contribution in [0.5, 0.6) is 0 Å². The number of ketones is 1. The third-order valence-corrected chi connectivity index (χ3v) is 4.53. The topological polar surface area (TPSA) is 43.1 Å². The van der Waals surface area contributed by atoms with Gasteiger partial charge in [0.15, 0.2) is 11.6 Å². The van der Waals surface area contributed by atoms with Crippen LogP contribution in [-0.2, 0) is 5.41 Å². The van der Waals surface area contributed by atoms with Crippen LogP contribution in [0.2, 0.25) is 0 Å². The van der Waals surface area contributed by atoms with Gasteiger partial charge in [-0.15, -0.1) is 0 Å². The van der Waals surface area contributed by atoms with E-state index in [-0.39, 0.29) is 4.47 Å². The second-order valence-electron chi connectivity index (χ2n) is 5.25. The van der Waals surface area contributed by atoms with E-state index in [0.717, 1.165) is 11.6 Å². The van der Waals surface area contributed by atoms with Crippen molar-refractivity contribution < 1.29 is 13.6 Å². The van der Waals surface area contributed by atoms with Gasteiger partial charge in [0, 0.05) is 5.69 Å². The van der Waals surface area contributed by atoms with Crippen LogP contribution in [0.15, 0.2) is 40.9 Å². The highest BCUT2D eigenvalue weighted by atomic mass is 79.9. The number of anilines is 1. The van der Waals surface area contributed by atoms with Gasteiger partial charge in [-0.2, -0.15) is 0 Å². The van der Waals surface area contributed by atoms with Gasteiger partial charge < -0.3 is 5.73 Å². The molecule has 0 spiro atoms. The average molecular weight is 352 g/mol.